The van der Waals surface area contributed by atoms with Crippen LogP contribution in [0.15, 0.2) is 0 Å². The molecule has 0 saturated carbocycles. The fourth-order valence-electron chi connectivity index (χ4n) is 2.98. The fourth-order valence-corrected chi connectivity index (χ4v) is 2.98. The molecule has 2 heterocycles. The van der Waals surface area contributed by atoms with E-state index in [1.54, 1.807) is 0 Å². The molecule has 2 rings (SSSR count). The minimum absolute atomic E-state index is 0.487. The number of nitrogens with zero attached hydrogens (tertiary/aromatic N) is 1. The number of rotatable bonds is 1. The van der Waals surface area contributed by atoms with E-state index in [0.29, 0.717) is 11.6 Å². The second-order valence-corrected chi connectivity index (χ2v) is 5.33. The minimum atomic E-state index is 0.487. The van der Waals surface area contributed by atoms with Crippen LogP contribution in [-0.4, -0.2) is 36.1 Å². The highest BCUT2D eigenvalue weighted by Crippen LogP contribution is 2.29. The van der Waals surface area contributed by atoms with Crippen molar-refractivity contribution < 1.29 is 0 Å². The first kappa shape index (κ1) is 14.0. The smallest absolute Gasteiger partial charge is 0.0309 e. The summed E-state index contributed by atoms with van der Waals surface area (Å²) in [7, 11) is 0. The molecule has 1 unspecified atom stereocenters. The molecular weight excluding hydrogens is 196 g/mol. The molecule has 2 aliphatic rings. The van der Waals surface area contributed by atoms with Gasteiger partial charge in [0.25, 0.3) is 0 Å². The first-order chi connectivity index (χ1) is 7.72. The largest absolute Gasteiger partial charge is 0.310 e. The summed E-state index contributed by atoms with van der Waals surface area (Å²) in [5.74, 6) is 0. The van der Waals surface area contributed by atoms with Crippen molar-refractivity contribution in [2.75, 3.05) is 19.6 Å². The molecule has 2 fully saturated rings. The summed E-state index contributed by atoms with van der Waals surface area (Å²) in [5.41, 5.74) is 0.487. The number of hydrogen-bond acceptors (Lipinski definition) is 2. The van der Waals surface area contributed by atoms with Crippen molar-refractivity contribution in [1.29, 1.82) is 0 Å². The molecule has 16 heavy (non-hydrogen) atoms. The molecule has 1 atom stereocenters. The van der Waals surface area contributed by atoms with Crippen LogP contribution in [0, 0.1) is 0 Å². The Kier molecular flexibility index (Phi) is 5.77. The molecule has 2 aliphatic heterocycles. The predicted octanol–water partition coefficient (Wildman–Crippen LogP) is 3.03. The third-order valence-electron chi connectivity index (χ3n) is 3.92. The molecule has 1 spiro atoms. The summed E-state index contributed by atoms with van der Waals surface area (Å²) < 4.78 is 0. The van der Waals surface area contributed by atoms with Crippen LogP contribution in [0.1, 0.15) is 59.8 Å². The van der Waals surface area contributed by atoms with Crippen molar-refractivity contribution in [2.24, 2.45) is 0 Å². The van der Waals surface area contributed by atoms with Gasteiger partial charge in [-0.05, 0) is 52.6 Å². The summed E-state index contributed by atoms with van der Waals surface area (Å²) in [4.78, 5) is 2.66. The Morgan fingerprint density at radius 2 is 1.75 bits per heavy atom. The maximum atomic E-state index is 3.76. The molecule has 96 valence electrons. The highest BCUT2D eigenvalue weighted by molar-refractivity contribution is 4.97. The van der Waals surface area contributed by atoms with Crippen molar-refractivity contribution in [3.63, 3.8) is 0 Å². The molecule has 0 aromatic rings. The van der Waals surface area contributed by atoms with Crippen LogP contribution in [0.4, 0.5) is 0 Å². The van der Waals surface area contributed by atoms with Crippen molar-refractivity contribution in [2.45, 2.75) is 71.4 Å². The summed E-state index contributed by atoms with van der Waals surface area (Å²) in [6.07, 6.45) is 6.98. The van der Waals surface area contributed by atoms with E-state index in [1.807, 2.05) is 13.8 Å². The van der Waals surface area contributed by atoms with Gasteiger partial charge in [-0.25, -0.2) is 0 Å². The number of nitrogens with one attached hydrogen (secondary N) is 1. The lowest BCUT2D eigenvalue weighted by molar-refractivity contribution is 0.173. The Labute approximate surface area is 102 Å². The number of likely N-dealkylation sites (tertiary alicyclic amines) is 1. The van der Waals surface area contributed by atoms with E-state index in [0.717, 1.165) is 0 Å². The maximum absolute atomic E-state index is 3.76. The Hall–Kier alpha value is -0.0800. The first-order valence-corrected chi connectivity index (χ1v) is 7.21. The Morgan fingerprint density at radius 1 is 1.06 bits per heavy atom. The maximum Gasteiger partial charge on any atom is 0.0309 e. The molecule has 0 aromatic carbocycles. The normalized spacial score (nSPS) is 31.3. The standard InChI is InChI=1S/C12H24N2.C2H6/c1-11(2)14-9-4-3-6-12(10-14)7-5-8-13-12;1-2/h11,13H,3-10H2,1-2H3;1-2H3. The predicted molar refractivity (Wildman–Crippen MR) is 71.9 cm³/mol. The molecule has 0 aliphatic carbocycles. The zero-order chi connectivity index (χ0) is 12.0. The Morgan fingerprint density at radius 3 is 2.31 bits per heavy atom. The van der Waals surface area contributed by atoms with Crippen LogP contribution in [-0.2, 0) is 0 Å². The molecule has 2 heteroatoms. The van der Waals surface area contributed by atoms with Gasteiger partial charge in [0.15, 0.2) is 0 Å². The number of hydrogen-bond donors (Lipinski definition) is 1. The van der Waals surface area contributed by atoms with Gasteiger partial charge in [-0.15, -0.1) is 0 Å². The summed E-state index contributed by atoms with van der Waals surface area (Å²) in [5, 5.41) is 3.76. The topological polar surface area (TPSA) is 15.3 Å². The van der Waals surface area contributed by atoms with E-state index < -0.39 is 0 Å². The molecular formula is C14H30N2. The van der Waals surface area contributed by atoms with Gasteiger partial charge >= 0.3 is 0 Å². The molecule has 2 nitrogen and oxygen atoms in total. The average Bonchev–Trinajstić information content (AvgIpc) is 2.62. The minimum Gasteiger partial charge on any atom is -0.310 e. The van der Waals surface area contributed by atoms with Gasteiger partial charge in [-0.3, -0.25) is 4.90 Å². The van der Waals surface area contributed by atoms with Gasteiger partial charge < -0.3 is 5.32 Å². The third kappa shape index (κ3) is 3.46. The van der Waals surface area contributed by atoms with Crippen molar-refractivity contribution in [1.82, 2.24) is 10.2 Å². The van der Waals surface area contributed by atoms with Gasteiger partial charge in [0.05, 0.1) is 0 Å². The average molecular weight is 226 g/mol. The third-order valence-corrected chi connectivity index (χ3v) is 3.92. The van der Waals surface area contributed by atoms with Gasteiger partial charge in [0, 0.05) is 18.1 Å². The molecule has 0 aromatic heterocycles. The quantitative estimate of drug-likeness (QED) is 0.739. The molecule has 0 radical (unpaired) electrons. The van der Waals surface area contributed by atoms with Crippen LogP contribution in [0.25, 0.3) is 0 Å². The second kappa shape index (κ2) is 6.61. The highest BCUT2D eigenvalue weighted by atomic mass is 15.2. The van der Waals surface area contributed by atoms with Gasteiger partial charge in [-0.2, -0.15) is 0 Å². The summed E-state index contributed by atoms with van der Waals surface area (Å²) >= 11 is 0. The molecule has 2 saturated heterocycles. The van der Waals surface area contributed by atoms with Gasteiger partial charge in [0.2, 0.25) is 0 Å². The van der Waals surface area contributed by atoms with E-state index in [2.05, 4.69) is 24.1 Å². The molecule has 1 N–H and O–H groups in total. The second-order valence-electron chi connectivity index (χ2n) is 5.33. The lowest BCUT2D eigenvalue weighted by Crippen LogP contribution is -2.50. The summed E-state index contributed by atoms with van der Waals surface area (Å²) in [6, 6.07) is 0.715. The van der Waals surface area contributed by atoms with Crippen molar-refractivity contribution >= 4 is 0 Å². The fraction of sp³-hybridized carbons (Fsp3) is 1.00. The first-order valence-electron chi connectivity index (χ1n) is 7.21. The van der Waals surface area contributed by atoms with Gasteiger partial charge in [0.1, 0.15) is 0 Å². The van der Waals surface area contributed by atoms with Crippen molar-refractivity contribution in [3.8, 4) is 0 Å². The lowest BCUT2D eigenvalue weighted by atomic mass is 9.91. The molecule has 0 bridgehead atoms. The van der Waals surface area contributed by atoms with E-state index >= 15 is 0 Å². The van der Waals surface area contributed by atoms with E-state index in [4.69, 9.17) is 0 Å². The van der Waals surface area contributed by atoms with Crippen LogP contribution in [0.3, 0.4) is 0 Å². The monoisotopic (exact) mass is 226 g/mol. The van der Waals surface area contributed by atoms with Crippen LogP contribution >= 0.6 is 0 Å². The van der Waals surface area contributed by atoms with Crippen molar-refractivity contribution in [3.05, 3.63) is 0 Å². The molecule has 0 amide bonds. The van der Waals surface area contributed by atoms with Crippen LogP contribution in [0.2, 0.25) is 0 Å². The van der Waals surface area contributed by atoms with E-state index in [-0.39, 0.29) is 0 Å². The Bertz CT molecular complexity index is 183. The van der Waals surface area contributed by atoms with Gasteiger partial charge in [-0.1, -0.05) is 20.3 Å². The van der Waals surface area contributed by atoms with Crippen LogP contribution in [0.5, 0.6) is 0 Å². The lowest BCUT2D eigenvalue weighted by Gasteiger charge is -2.35. The highest BCUT2D eigenvalue weighted by Gasteiger charge is 2.36. The zero-order valence-corrected chi connectivity index (χ0v) is 11.7. The summed E-state index contributed by atoms with van der Waals surface area (Å²) in [6.45, 7) is 12.5. The zero-order valence-electron chi connectivity index (χ0n) is 11.7. The SMILES string of the molecule is CC.CC(C)N1CCCCC2(CCCN2)C1. The Balaban J connectivity index is 0.000000606. The van der Waals surface area contributed by atoms with E-state index in [1.165, 1.54) is 51.7 Å². The van der Waals surface area contributed by atoms with E-state index in [9.17, 15) is 0 Å². The van der Waals surface area contributed by atoms with Crippen LogP contribution < -0.4 is 5.32 Å².